The average Bonchev–Trinajstić information content (AvgIpc) is 3.11. The molecule has 1 saturated heterocycles. The quantitative estimate of drug-likeness (QED) is 0.693. The van der Waals surface area contributed by atoms with Crippen LogP contribution in [0.1, 0.15) is 52.9 Å². The monoisotopic (exact) mass is 282 g/mol. The molecule has 0 amide bonds. The number of rotatable bonds is 8. The Balaban J connectivity index is 1.85. The number of carbonyl (C=O) groups is 1. The maximum atomic E-state index is 12.3. The lowest BCUT2D eigenvalue weighted by molar-refractivity contribution is -0.151. The second kappa shape index (κ2) is 6.90. The van der Waals surface area contributed by atoms with Gasteiger partial charge in [0.25, 0.3) is 0 Å². The smallest absolute Gasteiger partial charge is 0.326 e. The third kappa shape index (κ3) is 4.19. The molecule has 1 saturated carbocycles. The highest BCUT2D eigenvalue weighted by atomic mass is 16.5. The van der Waals surface area contributed by atoms with E-state index in [4.69, 9.17) is 4.74 Å². The second-order valence-electron chi connectivity index (χ2n) is 6.58. The van der Waals surface area contributed by atoms with Crippen molar-refractivity contribution in [2.24, 2.45) is 5.92 Å². The van der Waals surface area contributed by atoms with Crippen LogP contribution in [0.2, 0.25) is 0 Å². The van der Waals surface area contributed by atoms with Crippen LogP contribution in [0, 0.1) is 5.92 Å². The van der Waals surface area contributed by atoms with Gasteiger partial charge in [0, 0.05) is 19.1 Å². The zero-order chi connectivity index (χ0) is 14.6. The highest BCUT2D eigenvalue weighted by Crippen LogP contribution is 2.26. The Morgan fingerprint density at radius 2 is 2.10 bits per heavy atom. The Bertz CT molecular complexity index is 330. The Hall–Kier alpha value is -0.610. The molecular weight excluding hydrogens is 252 g/mol. The fourth-order valence-electron chi connectivity index (χ4n) is 3.03. The zero-order valence-electron chi connectivity index (χ0n) is 13.3. The first-order valence-corrected chi connectivity index (χ1v) is 8.24. The molecule has 2 atom stereocenters. The van der Waals surface area contributed by atoms with E-state index in [2.05, 4.69) is 17.1 Å². The van der Waals surface area contributed by atoms with Gasteiger partial charge in [0.1, 0.15) is 5.54 Å². The highest BCUT2D eigenvalue weighted by Gasteiger charge is 2.40. The normalized spacial score (nSPS) is 26.4. The largest absolute Gasteiger partial charge is 0.465 e. The van der Waals surface area contributed by atoms with E-state index in [1.54, 1.807) is 0 Å². The predicted molar refractivity (Wildman–Crippen MR) is 80.7 cm³/mol. The van der Waals surface area contributed by atoms with Gasteiger partial charge >= 0.3 is 5.97 Å². The van der Waals surface area contributed by atoms with Crippen LogP contribution in [0.25, 0.3) is 0 Å². The Morgan fingerprint density at radius 1 is 1.35 bits per heavy atom. The Kier molecular flexibility index (Phi) is 5.44. The molecular formula is C16H30N2O2. The molecule has 2 unspecified atom stereocenters. The number of nitrogens with one attached hydrogen (secondary N) is 1. The molecule has 1 heterocycles. The topological polar surface area (TPSA) is 41.6 Å². The number of hydrogen-bond acceptors (Lipinski definition) is 4. The van der Waals surface area contributed by atoms with Gasteiger partial charge in [0.15, 0.2) is 0 Å². The maximum Gasteiger partial charge on any atom is 0.326 e. The van der Waals surface area contributed by atoms with Crippen LogP contribution in [0.15, 0.2) is 0 Å². The molecule has 0 aromatic carbocycles. The van der Waals surface area contributed by atoms with Gasteiger partial charge in [-0.25, -0.2) is 0 Å². The molecule has 0 aromatic heterocycles. The summed E-state index contributed by atoms with van der Waals surface area (Å²) in [7, 11) is 0. The van der Waals surface area contributed by atoms with E-state index in [1.165, 1.54) is 38.8 Å². The molecule has 1 N–H and O–H groups in total. The van der Waals surface area contributed by atoms with Gasteiger partial charge < -0.3 is 9.64 Å². The van der Waals surface area contributed by atoms with E-state index in [9.17, 15) is 4.79 Å². The van der Waals surface area contributed by atoms with Crippen molar-refractivity contribution < 1.29 is 9.53 Å². The first-order chi connectivity index (χ1) is 9.57. The van der Waals surface area contributed by atoms with Crippen molar-refractivity contribution in [2.45, 2.75) is 64.5 Å². The number of nitrogens with zero attached hydrogens (tertiary/aromatic N) is 1. The van der Waals surface area contributed by atoms with Crippen molar-refractivity contribution >= 4 is 5.97 Å². The molecule has 116 valence electrons. The summed E-state index contributed by atoms with van der Waals surface area (Å²) in [4.78, 5) is 14.8. The van der Waals surface area contributed by atoms with Crippen molar-refractivity contribution in [1.29, 1.82) is 0 Å². The van der Waals surface area contributed by atoms with E-state index >= 15 is 0 Å². The SMILES string of the molecule is CCOC(=O)C(C)(CCN1CCC(CC)C1)NC1CC1. The third-order valence-electron chi connectivity index (χ3n) is 4.70. The standard InChI is InChI=1S/C16H30N2O2/c1-4-13-8-10-18(12-13)11-9-16(3,15(19)20-5-2)17-14-6-7-14/h13-14,17H,4-12H2,1-3H3. The molecule has 20 heavy (non-hydrogen) atoms. The van der Waals surface area contributed by atoms with Crippen molar-refractivity contribution in [3.63, 3.8) is 0 Å². The zero-order valence-corrected chi connectivity index (χ0v) is 13.3. The number of hydrogen-bond donors (Lipinski definition) is 1. The van der Waals surface area contributed by atoms with Crippen molar-refractivity contribution in [3.8, 4) is 0 Å². The molecule has 1 aliphatic carbocycles. The average molecular weight is 282 g/mol. The van der Waals surface area contributed by atoms with Crippen molar-refractivity contribution in [3.05, 3.63) is 0 Å². The molecule has 4 nitrogen and oxygen atoms in total. The van der Waals surface area contributed by atoms with Crippen LogP contribution in [-0.2, 0) is 9.53 Å². The summed E-state index contributed by atoms with van der Waals surface area (Å²) < 4.78 is 5.27. The lowest BCUT2D eigenvalue weighted by Crippen LogP contribution is -2.53. The lowest BCUT2D eigenvalue weighted by Gasteiger charge is -2.30. The lowest BCUT2D eigenvalue weighted by atomic mass is 9.97. The maximum absolute atomic E-state index is 12.3. The fourth-order valence-corrected chi connectivity index (χ4v) is 3.03. The van der Waals surface area contributed by atoms with E-state index in [-0.39, 0.29) is 5.97 Å². The van der Waals surface area contributed by atoms with Gasteiger partial charge in [-0.1, -0.05) is 13.3 Å². The summed E-state index contributed by atoms with van der Waals surface area (Å²) in [5, 5.41) is 3.50. The Morgan fingerprint density at radius 3 is 2.65 bits per heavy atom. The van der Waals surface area contributed by atoms with E-state index in [0.29, 0.717) is 12.6 Å². The molecule has 0 radical (unpaired) electrons. The van der Waals surface area contributed by atoms with Crippen LogP contribution in [0.3, 0.4) is 0 Å². The molecule has 2 rings (SSSR count). The number of ether oxygens (including phenoxy) is 1. The van der Waals surface area contributed by atoms with Crippen molar-refractivity contribution in [1.82, 2.24) is 10.2 Å². The van der Waals surface area contributed by atoms with Crippen LogP contribution in [0.5, 0.6) is 0 Å². The molecule has 1 aliphatic heterocycles. The van der Waals surface area contributed by atoms with Crippen molar-refractivity contribution in [2.75, 3.05) is 26.2 Å². The second-order valence-corrected chi connectivity index (χ2v) is 6.58. The van der Waals surface area contributed by atoms with Crippen LogP contribution < -0.4 is 5.32 Å². The molecule has 4 heteroatoms. The minimum Gasteiger partial charge on any atom is -0.465 e. The first kappa shape index (κ1) is 15.8. The Labute approximate surface area is 123 Å². The summed E-state index contributed by atoms with van der Waals surface area (Å²) in [5.74, 6) is 0.762. The van der Waals surface area contributed by atoms with E-state index < -0.39 is 5.54 Å². The summed E-state index contributed by atoms with van der Waals surface area (Å²) >= 11 is 0. The minimum atomic E-state index is -0.512. The van der Waals surface area contributed by atoms with Gasteiger partial charge in [-0.2, -0.15) is 0 Å². The van der Waals surface area contributed by atoms with Crippen LogP contribution >= 0.6 is 0 Å². The van der Waals surface area contributed by atoms with Crippen LogP contribution in [-0.4, -0.2) is 48.7 Å². The van der Waals surface area contributed by atoms with Gasteiger partial charge in [-0.15, -0.1) is 0 Å². The minimum absolute atomic E-state index is 0.0851. The molecule has 0 aromatic rings. The van der Waals surface area contributed by atoms with Gasteiger partial charge in [0.2, 0.25) is 0 Å². The summed E-state index contributed by atoms with van der Waals surface area (Å²) in [6.07, 6.45) is 5.81. The molecule has 2 aliphatic rings. The molecule has 0 spiro atoms. The summed E-state index contributed by atoms with van der Waals surface area (Å²) in [6.45, 7) is 9.98. The highest BCUT2D eigenvalue weighted by molar-refractivity contribution is 5.80. The molecule has 2 fully saturated rings. The van der Waals surface area contributed by atoms with Crippen LogP contribution in [0.4, 0.5) is 0 Å². The molecule has 0 bridgehead atoms. The first-order valence-electron chi connectivity index (χ1n) is 8.24. The fraction of sp³-hybridized carbons (Fsp3) is 0.938. The van der Waals surface area contributed by atoms with E-state index in [1.807, 2.05) is 13.8 Å². The number of likely N-dealkylation sites (tertiary alicyclic amines) is 1. The van der Waals surface area contributed by atoms with Gasteiger partial charge in [0.05, 0.1) is 6.61 Å². The van der Waals surface area contributed by atoms with Gasteiger partial charge in [-0.3, -0.25) is 10.1 Å². The number of esters is 1. The van der Waals surface area contributed by atoms with Gasteiger partial charge in [-0.05, 0) is 52.0 Å². The summed E-state index contributed by atoms with van der Waals surface area (Å²) in [5.41, 5.74) is -0.512. The summed E-state index contributed by atoms with van der Waals surface area (Å²) in [6, 6.07) is 0.520. The predicted octanol–water partition coefficient (Wildman–Crippen LogP) is 2.18. The number of carbonyl (C=O) groups excluding carboxylic acids is 1. The van der Waals surface area contributed by atoms with E-state index in [0.717, 1.165) is 18.9 Å². The third-order valence-corrected chi connectivity index (χ3v) is 4.70.